The van der Waals surface area contributed by atoms with Crippen molar-refractivity contribution in [1.82, 2.24) is 19.4 Å². The number of carbonyl (C=O) groups is 1. The first-order valence-electron chi connectivity index (χ1n) is 8.59. The van der Waals surface area contributed by atoms with Crippen LogP contribution < -0.4 is 5.73 Å². The van der Waals surface area contributed by atoms with Gasteiger partial charge in [0.05, 0.1) is 12.7 Å². The van der Waals surface area contributed by atoms with Gasteiger partial charge in [0.2, 0.25) is 5.91 Å². The van der Waals surface area contributed by atoms with Gasteiger partial charge in [0, 0.05) is 61.1 Å². The molecule has 1 aromatic carbocycles. The molecular formula is C19H23N5O. The number of aryl methyl sites for hydroxylation is 2. The second kappa shape index (κ2) is 6.04. The molecule has 0 unspecified atom stereocenters. The summed E-state index contributed by atoms with van der Waals surface area (Å²) in [6.07, 6.45) is 5.97. The molecule has 0 spiro atoms. The summed E-state index contributed by atoms with van der Waals surface area (Å²) in [5.74, 6) is 0.269. The van der Waals surface area contributed by atoms with E-state index in [-0.39, 0.29) is 17.9 Å². The van der Waals surface area contributed by atoms with Gasteiger partial charge in [-0.2, -0.15) is 0 Å². The molecule has 0 radical (unpaired) electrons. The standard InChI is InChI=1S/C19H23N5O/c1-12-4-3-5-16-19(12)13(7-22-16)6-18(25)24-9-14(15(20)10-24)17-8-21-11-23(17)2/h3-5,7-8,11,14-15,22H,6,9-10,20H2,1-2H3/t14-,15-/m1/s1. The molecule has 1 aliphatic heterocycles. The largest absolute Gasteiger partial charge is 0.361 e. The molecule has 3 N–H and O–H groups in total. The third-order valence-corrected chi connectivity index (χ3v) is 5.29. The normalized spacial score (nSPS) is 20.5. The number of nitrogens with two attached hydrogens (primary N) is 1. The number of imidazole rings is 1. The summed E-state index contributed by atoms with van der Waals surface area (Å²) in [4.78, 5) is 22.2. The second-order valence-electron chi connectivity index (χ2n) is 6.99. The van der Waals surface area contributed by atoms with Crippen molar-refractivity contribution >= 4 is 16.8 Å². The van der Waals surface area contributed by atoms with Crippen LogP contribution in [0.15, 0.2) is 36.9 Å². The number of rotatable bonds is 3. The second-order valence-corrected chi connectivity index (χ2v) is 6.99. The highest BCUT2D eigenvalue weighted by Gasteiger charge is 2.35. The van der Waals surface area contributed by atoms with Gasteiger partial charge in [-0.25, -0.2) is 4.98 Å². The molecule has 3 aromatic rings. The van der Waals surface area contributed by atoms with E-state index in [1.165, 1.54) is 5.56 Å². The zero-order chi connectivity index (χ0) is 17.6. The van der Waals surface area contributed by atoms with Gasteiger partial charge in [-0.15, -0.1) is 0 Å². The molecule has 1 fully saturated rings. The Kier molecular flexibility index (Phi) is 3.84. The first-order valence-corrected chi connectivity index (χ1v) is 8.59. The lowest BCUT2D eigenvalue weighted by Crippen LogP contribution is -2.33. The first-order chi connectivity index (χ1) is 12.0. The van der Waals surface area contributed by atoms with Crippen LogP contribution in [0.5, 0.6) is 0 Å². The molecule has 0 bridgehead atoms. The summed E-state index contributed by atoms with van der Waals surface area (Å²) < 4.78 is 1.99. The number of benzene rings is 1. The summed E-state index contributed by atoms with van der Waals surface area (Å²) in [5.41, 5.74) is 10.7. The van der Waals surface area contributed by atoms with Crippen molar-refractivity contribution in [3.63, 3.8) is 0 Å². The first kappa shape index (κ1) is 15.9. The molecule has 130 valence electrons. The molecule has 4 rings (SSSR count). The van der Waals surface area contributed by atoms with E-state index in [0.29, 0.717) is 19.5 Å². The molecule has 2 aromatic heterocycles. The minimum absolute atomic E-state index is 0.0518. The predicted octanol–water partition coefficient (Wildman–Crippen LogP) is 1.71. The van der Waals surface area contributed by atoms with E-state index in [2.05, 4.69) is 23.0 Å². The monoisotopic (exact) mass is 337 g/mol. The molecular weight excluding hydrogens is 314 g/mol. The highest BCUT2D eigenvalue weighted by atomic mass is 16.2. The van der Waals surface area contributed by atoms with Crippen molar-refractivity contribution in [2.75, 3.05) is 13.1 Å². The van der Waals surface area contributed by atoms with Crippen molar-refractivity contribution in [3.8, 4) is 0 Å². The fraction of sp³-hybridized carbons (Fsp3) is 0.368. The average molecular weight is 337 g/mol. The van der Waals surface area contributed by atoms with E-state index in [1.807, 2.05) is 41.0 Å². The number of fused-ring (bicyclic) bond motifs is 1. The van der Waals surface area contributed by atoms with Crippen LogP contribution in [0, 0.1) is 6.92 Å². The van der Waals surface area contributed by atoms with Gasteiger partial charge in [0.25, 0.3) is 0 Å². The molecule has 3 heterocycles. The van der Waals surface area contributed by atoms with Gasteiger partial charge in [0.15, 0.2) is 0 Å². The maximum Gasteiger partial charge on any atom is 0.227 e. The van der Waals surface area contributed by atoms with Crippen LogP contribution >= 0.6 is 0 Å². The molecule has 1 aliphatic rings. The zero-order valence-electron chi connectivity index (χ0n) is 14.6. The zero-order valence-corrected chi connectivity index (χ0v) is 14.6. The minimum atomic E-state index is -0.0518. The number of nitrogens with zero attached hydrogens (tertiary/aromatic N) is 3. The van der Waals surface area contributed by atoms with Crippen LogP contribution in [0.1, 0.15) is 22.7 Å². The Morgan fingerprint density at radius 2 is 2.24 bits per heavy atom. The van der Waals surface area contributed by atoms with Crippen LogP contribution in [0.3, 0.4) is 0 Å². The third-order valence-electron chi connectivity index (χ3n) is 5.29. The van der Waals surface area contributed by atoms with Gasteiger partial charge < -0.3 is 20.2 Å². The Morgan fingerprint density at radius 1 is 1.40 bits per heavy atom. The predicted molar refractivity (Wildman–Crippen MR) is 97.2 cm³/mol. The summed E-state index contributed by atoms with van der Waals surface area (Å²) >= 11 is 0. The summed E-state index contributed by atoms with van der Waals surface area (Å²) in [6.45, 7) is 3.32. The highest BCUT2D eigenvalue weighted by molar-refractivity contribution is 5.91. The number of H-pyrrole nitrogens is 1. The Morgan fingerprint density at radius 3 is 3.00 bits per heavy atom. The Hall–Kier alpha value is -2.60. The SMILES string of the molecule is Cc1cccc2[nH]cc(CC(=O)N3C[C@@H](N)[C@H](c4cncn4C)C3)c12. The number of nitrogens with one attached hydrogen (secondary N) is 1. The molecule has 6 nitrogen and oxygen atoms in total. The van der Waals surface area contributed by atoms with Gasteiger partial charge >= 0.3 is 0 Å². The number of hydrogen-bond donors (Lipinski definition) is 2. The van der Waals surface area contributed by atoms with Crippen molar-refractivity contribution in [2.45, 2.75) is 25.3 Å². The Balaban J connectivity index is 1.53. The summed E-state index contributed by atoms with van der Waals surface area (Å²) in [5, 5.41) is 1.16. The molecule has 6 heteroatoms. The Bertz CT molecular complexity index is 925. The average Bonchev–Trinajstić information content (AvgIpc) is 3.27. The third kappa shape index (κ3) is 2.72. The van der Waals surface area contributed by atoms with Gasteiger partial charge in [-0.3, -0.25) is 4.79 Å². The van der Waals surface area contributed by atoms with Crippen molar-refractivity contribution in [1.29, 1.82) is 0 Å². The number of aromatic nitrogens is 3. The van der Waals surface area contributed by atoms with E-state index < -0.39 is 0 Å². The van der Waals surface area contributed by atoms with Crippen LogP contribution in [0.2, 0.25) is 0 Å². The van der Waals surface area contributed by atoms with E-state index in [4.69, 9.17) is 5.73 Å². The number of carbonyl (C=O) groups excluding carboxylic acids is 1. The smallest absolute Gasteiger partial charge is 0.227 e. The van der Waals surface area contributed by atoms with Crippen molar-refractivity contribution in [2.24, 2.45) is 12.8 Å². The van der Waals surface area contributed by atoms with Crippen LogP contribution in [-0.2, 0) is 18.3 Å². The molecule has 1 amide bonds. The fourth-order valence-electron chi connectivity index (χ4n) is 3.94. The lowest BCUT2D eigenvalue weighted by Gasteiger charge is -2.16. The number of aromatic amines is 1. The minimum Gasteiger partial charge on any atom is -0.361 e. The molecule has 0 saturated carbocycles. The quantitative estimate of drug-likeness (QED) is 0.763. The van der Waals surface area contributed by atoms with E-state index >= 15 is 0 Å². The molecule has 2 atom stereocenters. The number of likely N-dealkylation sites (tertiary alicyclic amines) is 1. The van der Waals surface area contributed by atoms with E-state index in [1.54, 1.807) is 6.33 Å². The van der Waals surface area contributed by atoms with Gasteiger partial charge in [-0.05, 0) is 24.1 Å². The lowest BCUT2D eigenvalue weighted by atomic mass is 10.0. The van der Waals surface area contributed by atoms with Crippen LogP contribution in [0.4, 0.5) is 0 Å². The number of hydrogen-bond acceptors (Lipinski definition) is 3. The maximum atomic E-state index is 12.8. The molecule has 25 heavy (non-hydrogen) atoms. The summed E-state index contributed by atoms with van der Waals surface area (Å²) in [6, 6.07) is 6.09. The Labute approximate surface area is 146 Å². The van der Waals surface area contributed by atoms with Gasteiger partial charge in [0.1, 0.15) is 0 Å². The van der Waals surface area contributed by atoms with E-state index in [9.17, 15) is 4.79 Å². The highest BCUT2D eigenvalue weighted by Crippen LogP contribution is 2.28. The fourth-order valence-corrected chi connectivity index (χ4v) is 3.94. The van der Waals surface area contributed by atoms with Crippen LogP contribution in [0.25, 0.3) is 10.9 Å². The number of amides is 1. The topological polar surface area (TPSA) is 79.9 Å². The van der Waals surface area contributed by atoms with Crippen molar-refractivity contribution < 1.29 is 4.79 Å². The summed E-state index contributed by atoms with van der Waals surface area (Å²) in [7, 11) is 1.97. The van der Waals surface area contributed by atoms with Gasteiger partial charge in [-0.1, -0.05) is 12.1 Å². The van der Waals surface area contributed by atoms with Crippen LogP contribution in [-0.4, -0.2) is 44.5 Å². The van der Waals surface area contributed by atoms with Crippen molar-refractivity contribution in [3.05, 3.63) is 53.7 Å². The lowest BCUT2D eigenvalue weighted by molar-refractivity contribution is -0.129. The molecule has 1 saturated heterocycles. The van der Waals surface area contributed by atoms with E-state index in [0.717, 1.165) is 22.2 Å². The molecule has 0 aliphatic carbocycles. The maximum absolute atomic E-state index is 12.8.